The monoisotopic (exact) mass is 281 g/mol. The molecule has 0 fully saturated rings. The van der Waals surface area contributed by atoms with Crippen LogP contribution in [0.3, 0.4) is 0 Å². The quantitative estimate of drug-likeness (QED) is 0.894. The zero-order valence-corrected chi connectivity index (χ0v) is 11.2. The fourth-order valence-electron chi connectivity index (χ4n) is 2.44. The van der Waals surface area contributed by atoms with Crippen molar-refractivity contribution in [3.63, 3.8) is 0 Å². The van der Waals surface area contributed by atoms with Crippen molar-refractivity contribution in [2.45, 2.75) is 32.6 Å². The summed E-state index contributed by atoms with van der Waals surface area (Å²) in [6, 6.07) is 5.99. The van der Waals surface area contributed by atoms with E-state index in [0.717, 1.165) is 28.6 Å². The van der Waals surface area contributed by atoms with Gasteiger partial charge in [-0.3, -0.25) is 4.79 Å². The molecule has 0 spiro atoms. The van der Waals surface area contributed by atoms with Gasteiger partial charge >= 0.3 is 0 Å². The van der Waals surface area contributed by atoms with Crippen LogP contribution in [0.2, 0.25) is 0 Å². The van der Waals surface area contributed by atoms with Crippen molar-refractivity contribution in [3.05, 3.63) is 28.2 Å². The third-order valence-corrected chi connectivity index (χ3v) is 3.70. The minimum absolute atomic E-state index is 0.0208. The van der Waals surface area contributed by atoms with E-state index < -0.39 is 0 Å². The molecule has 0 radical (unpaired) electrons. The van der Waals surface area contributed by atoms with Crippen molar-refractivity contribution in [3.8, 4) is 0 Å². The number of carbonyl (C=O) groups excluding carboxylic acids is 1. The molecule has 0 aromatic heterocycles. The summed E-state index contributed by atoms with van der Waals surface area (Å²) in [5.74, 6) is 0.571. The van der Waals surface area contributed by atoms with E-state index in [1.807, 2.05) is 12.1 Å². The Bertz CT molecular complexity index is 416. The summed E-state index contributed by atoms with van der Waals surface area (Å²) >= 11 is 3.46. The maximum absolute atomic E-state index is 11.9. The summed E-state index contributed by atoms with van der Waals surface area (Å²) < 4.78 is 1.04. The van der Waals surface area contributed by atoms with Gasteiger partial charge in [-0.1, -0.05) is 36.2 Å². The lowest BCUT2D eigenvalue weighted by molar-refractivity contribution is -0.118. The van der Waals surface area contributed by atoms with Crippen molar-refractivity contribution < 1.29 is 4.79 Å². The van der Waals surface area contributed by atoms with Gasteiger partial charge in [0.2, 0.25) is 5.91 Å². The van der Waals surface area contributed by atoms with E-state index in [1.54, 1.807) is 0 Å². The molecule has 1 aromatic rings. The molecule has 3 heteroatoms. The lowest BCUT2D eigenvalue weighted by Gasteiger charge is -2.17. The molecular formula is C13H16BrNO. The zero-order chi connectivity index (χ0) is 11.7. The molecular weight excluding hydrogens is 266 g/mol. The first-order valence-electron chi connectivity index (χ1n) is 5.73. The number of nitrogens with one attached hydrogen (secondary N) is 1. The second-order valence-electron chi connectivity index (χ2n) is 4.46. The largest absolute Gasteiger partial charge is 0.325 e. The Balaban J connectivity index is 2.34. The number of carbonyl (C=O) groups is 1. The van der Waals surface area contributed by atoms with E-state index in [4.69, 9.17) is 0 Å². The Morgan fingerprint density at radius 2 is 2.25 bits per heavy atom. The van der Waals surface area contributed by atoms with Gasteiger partial charge in [-0.05, 0) is 36.1 Å². The number of hydrogen-bond donors (Lipinski definition) is 1. The minimum atomic E-state index is 0.0208. The molecule has 2 unspecified atom stereocenters. The molecule has 2 nitrogen and oxygen atoms in total. The maximum Gasteiger partial charge on any atom is 0.232 e. The normalized spacial score (nSPS) is 20.4. The minimum Gasteiger partial charge on any atom is -0.325 e. The Hall–Kier alpha value is -0.830. The number of halogens is 1. The van der Waals surface area contributed by atoms with E-state index in [-0.39, 0.29) is 11.8 Å². The van der Waals surface area contributed by atoms with Gasteiger partial charge in [0.05, 0.1) is 5.92 Å². The lowest BCUT2D eigenvalue weighted by atomic mass is 9.85. The van der Waals surface area contributed by atoms with Crippen LogP contribution in [0.25, 0.3) is 0 Å². The van der Waals surface area contributed by atoms with Crippen LogP contribution in [-0.2, 0) is 4.79 Å². The highest BCUT2D eigenvalue weighted by molar-refractivity contribution is 9.10. The molecule has 1 aromatic carbocycles. The van der Waals surface area contributed by atoms with E-state index >= 15 is 0 Å². The molecule has 2 rings (SSSR count). The smallest absolute Gasteiger partial charge is 0.232 e. The number of fused-ring (bicyclic) bond motifs is 1. The van der Waals surface area contributed by atoms with Crippen LogP contribution in [0.15, 0.2) is 22.7 Å². The Labute approximate surface area is 105 Å². The summed E-state index contributed by atoms with van der Waals surface area (Å²) in [6.45, 7) is 4.31. The highest BCUT2D eigenvalue weighted by Crippen LogP contribution is 2.40. The van der Waals surface area contributed by atoms with Gasteiger partial charge in [0, 0.05) is 10.2 Å². The van der Waals surface area contributed by atoms with Crippen molar-refractivity contribution in [2.24, 2.45) is 5.92 Å². The van der Waals surface area contributed by atoms with Gasteiger partial charge in [0.25, 0.3) is 0 Å². The predicted octanol–water partition coefficient (Wildman–Crippen LogP) is 3.92. The maximum atomic E-state index is 11.9. The van der Waals surface area contributed by atoms with Crippen molar-refractivity contribution in [1.82, 2.24) is 0 Å². The molecule has 1 N–H and O–H groups in total. The van der Waals surface area contributed by atoms with Crippen LogP contribution in [-0.4, -0.2) is 5.91 Å². The SMILES string of the molecule is CCCC(C)C1C(=O)Nc2ccc(Br)cc21. The third kappa shape index (κ3) is 2.01. The average Bonchev–Trinajstić information content (AvgIpc) is 2.53. The number of amides is 1. The number of benzene rings is 1. The summed E-state index contributed by atoms with van der Waals surface area (Å²) in [5, 5.41) is 2.95. The zero-order valence-electron chi connectivity index (χ0n) is 9.59. The standard InChI is InChI=1S/C13H16BrNO/c1-3-4-8(2)12-10-7-9(14)5-6-11(10)15-13(12)16/h5-8,12H,3-4H2,1-2H3,(H,15,16). The summed E-state index contributed by atoms with van der Waals surface area (Å²) in [6.07, 6.45) is 2.21. The first-order chi connectivity index (χ1) is 7.63. The van der Waals surface area contributed by atoms with Gasteiger partial charge in [0.15, 0.2) is 0 Å². The van der Waals surface area contributed by atoms with Crippen LogP contribution in [0.4, 0.5) is 5.69 Å². The number of hydrogen-bond acceptors (Lipinski definition) is 1. The molecule has 1 aliphatic rings. The summed E-state index contributed by atoms with van der Waals surface area (Å²) in [7, 11) is 0. The molecule has 0 saturated carbocycles. The second-order valence-corrected chi connectivity index (χ2v) is 5.38. The highest BCUT2D eigenvalue weighted by Gasteiger charge is 2.34. The Morgan fingerprint density at radius 1 is 1.50 bits per heavy atom. The van der Waals surface area contributed by atoms with Crippen molar-refractivity contribution >= 4 is 27.5 Å². The molecule has 0 aliphatic carbocycles. The molecule has 86 valence electrons. The highest BCUT2D eigenvalue weighted by atomic mass is 79.9. The molecule has 0 bridgehead atoms. The fourth-order valence-corrected chi connectivity index (χ4v) is 2.82. The van der Waals surface area contributed by atoms with E-state index in [0.29, 0.717) is 5.92 Å². The third-order valence-electron chi connectivity index (χ3n) is 3.20. The Kier molecular flexibility index (Phi) is 3.33. The van der Waals surface area contributed by atoms with Gasteiger partial charge in [0.1, 0.15) is 0 Å². The van der Waals surface area contributed by atoms with Gasteiger partial charge < -0.3 is 5.32 Å². The van der Waals surface area contributed by atoms with E-state index in [2.05, 4.69) is 41.2 Å². The molecule has 1 aliphatic heterocycles. The molecule has 1 amide bonds. The first kappa shape index (κ1) is 11.6. The fraction of sp³-hybridized carbons (Fsp3) is 0.462. The average molecular weight is 282 g/mol. The molecule has 2 atom stereocenters. The summed E-state index contributed by atoms with van der Waals surface area (Å²) in [4.78, 5) is 11.9. The van der Waals surface area contributed by atoms with Crippen molar-refractivity contribution in [1.29, 1.82) is 0 Å². The molecule has 1 heterocycles. The van der Waals surface area contributed by atoms with E-state index in [1.165, 1.54) is 0 Å². The topological polar surface area (TPSA) is 29.1 Å². The predicted molar refractivity (Wildman–Crippen MR) is 69.6 cm³/mol. The second kappa shape index (κ2) is 4.58. The van der Waals surface area contributed by atoms with Crippen molar-refractivity contribution in [2.75, 3.05) is 5.32 Å². The van der Waals surface area contributed by atoms with Crippen LogP contribution >= 0.6 is 15.9 Å². The van der Waals surface area contributed by atoms with Crippen LogP contribution in [0, 0.1) is 5.92 Å². The Morgan fingerprint density at radius 3 is 2.94 bits per heavy atom. The van der Waals surface area contributed by atoms with Crippen LogP contribution in [0.1, 0.15) is 38.2 Å². The lowest BCUT2D eigenvalue weighted by Crippen LogP contribution is -2.18. The number of rotatable bonds is 3. The van der Waals surface area contributed by atoms with Gasteiger partial charge in [-0.15, -0.1) is 0 Å². The number of anilines is 1. The molecule has 16 heavy (non-hydrogen) atoms. The first-order valence-corrected chi connectivity index (χ1v) is 6.53. The van der Waals surface area contributed by atoms with Gasteiger partial charge in [-0.25, -0.2) is 0 Å². The van der Waals surface area contributed by atoms with Crippen LogP contribution < -0.4 is 5.32 Å². The van der Waals surface area contributed by atoms with E-state index in [9.17, 15) is 4.79 Å². The van der Waals surface area contributed by atoms with Crippen LogP contribution in [0.5, 0.6) is 0 Å². The molecule has 0 saturated heterocycles. The van der Waals surface area contributed by atoms with Gasteiger partial charge in [-0.2, -0.15) is 0 Å². The summed E-state index contributed by atoms with van der Waals surface area (Å²) in [5.41, 5.74) is 2.11.